The molecule has 0 N–H and O–H groups in total. The quantitative estimate of drug-likeness (QED) is 0.501. The molecule has 6 heteroatoms. The lowest BCUT2D eigenvalue weighted by Crippen LogP contribution is -2.29. The highest BCUT2D eigenvalue weighted by atomic mass is 16.3. The van der Waals surface area contributed by atoms with Crippen molar-refractivity contribution in [2.24, 2.45) is 0 Å². The third-order valence-electron chi connectivity index (χ3n) is 5.71. The van der Waals surface area contributed by atoms with Crippen LogP contribution in [0.1, 0.15) is 47.8 Å². The van der Waals surface area contributed by atoms with Gasteiger partial charge in [0.1, 0.15) is 11.3 Å². The van der Waals surface area contributed by atoms with Crippen molar-refractivity contribution >= 4 is 22.5 Å². The van der Waals surface area contributed by atoms with Crippen LogP contribution in [-0.2, 0) is 11.2 Å². The molecule has 1 aromatic carbocycles. The summed E-state index contributed by atoms with van der Waals surface area (Å²) in [5.41, 5.74) is 5.71. The van der Waals surface area contributed by atoms with Gasteiger partial charge in [0.15, 0.2) is 5.65 Å². The standard InChI is InChI=1S/C23H26N4O2/c1-14-12-22-24-15(2)19(16(3)27(22)25-14)10-11-23(28)26(5)17(4)21-13-18-8-6-7-9-20(18)29-21/h6-9,12-13,17H,10-11H2,1-5H3/t17-/m1/s1. The lowest BCUT2D eigenvalue weighted by Gasteiger charge is -2.23. The average molecular weight is 390 g/mol. The zero-order valence-corrected chi connectivity index (χ0v) is 17.6. The van der Waals surface area contributed by atoms with Crippen molar-refractivity contribution in [2.75, 3.05) is 7.05 Å². The largest absolute Gasteiger partial charge is 0.459 e. The normalized spacial score (nSPS) is 12.6. The first-order valence-electron chi connectivity index (χ1n) is 9.91. The minimum absolute atomic E-state index is 0.0773. The van der Waals surface area contributed by atoms with Crippen LogP contribution in [0.15, 0.2) is 40.8 Å². The lowest BCUT2D eigenvalue weighted by molar-refractivity contribution is -0.132. The summed E-state index contributed by atoms with van der Waals surface area (Å²) in [6, 6.07) is 11.7. The van der Waals surface area contributed by atoms with Crippen molar-refractivity contribution in [1.82, 2.24) is 19.5 Å². The minimum atomic E-state index is -0.133. The molecule has 0 saturated heterocycles. The molecule has 0 fully saturated rings. The summed E-state index contributed by atoms with van der Waals surface area (Å²) in [5.74, 6) is 0.873. The maximum atomic E-state index is 12.9. The van der Waals surface area contributed by atoms with E-state index in [0.717, 1.165) is 45.0 Å². The van der Waals surface area contributed by atoms with E-state index in [-0.39, 0.29) is 11.9 Å². The third kappa shape index (κ3) is 3.50. The summed E-state index contributed by atoms with van der Waals surface area (Å²) in [6.07, 6.45) is 1.05. The number of aryl methyl sites for hydroxylation is 3. The number of hydrogen-bond acceptors (Lipinski definition) is 4. The van der Waals surface area contributed by atoms with Crippen LogP contribution in [0.25, 0.3) is 16.6 Å². The van der Waals surface area contributed by atoms with Crippen LogP contribution in [0.4, 0.5) is 0 Å². The van der Waals surface area contributed by atoms with Gasteiger partial charge in [0.05, 0.1) is 11.7 Å². The first-order chi connectivity index (χ1) is 13.8. The fourth-order valence-corrected chi connectivity index (χ4v) is 3.83. The Labute approximate surface area is 170 Å². The molecule has 1 amide bonds. The number of carbonyl (C=O) groups is 1. The number of benzene rings is 1. The van der Waals surface area contributed by atoms with Gasteiger partial charge in [-0.2, -0.15) is 5.10 Å². The van der Waals surface area contributed by atoms with E-state index in [0.29, 0.717) is 12.8 Å². The molecule has 3 heterocycles. The van der Waals surface area contributed by atoms with Crippen molar-refractivity contribution in [2.45, 2.75) is 46.6 Å². The molecule has 0 aliphatic heterocycles. The molecule has 0 aliphatic carbocycles. The van der Waals surface area contributed by atoms with Crippen molar-refractivity contribution in [3.63, 3.8) is 0 Å². The van der Waals surface area contributed by atoms with Crippen molar-refractivity contribution in [3.05, 3.63) is 64.8 Å². The molecule has 0 radical (unpaired) electrons. The average Bonchev–Trinajstić information content (AvgIpc) is 3.29. The Kier molecular flexibility index (Phi) is 4.86. The number of carbonyl (C=O) groups excluding carboxylic acids is 1. The molecule has 150 valence electrons. The summed E-state index contributed by atoms with van der Waals surface area (Å²) in [5, 5.41) is 5.56. The molecule has 0 saturated carbocycles. The maximum Gasteiger partial charge on any atom is 0.223 e. The Hall–Kier alpha value is -3.15. The van der Waals surface area contributed by atoms with Crippen LogP contribution in [0, 0.1) is 20.8 Å². The monoisotopic (exact) mass is 390 g/mol. The molecule has 29 heavy (non-hydrogen) atoms. The number of amides is 1. The van der Waals surface area contributed by atoms with Crippen LogP contribution in [0.2, 0.25) is 0 Å². The molecule has 0 aliphatic rings. The predicted octanol–water partition coefficient (Wildman–Crippen LogP) is 4.55. The number of nitrogens with zero attached hydrogens (tertiary/aromatic N) is 4. The zero-order chi connectivity index (χ0) is 20.7. The molecule has 4 rings (SSSR count). The van der Waals surface area contributed by atoms with Crippen LogP contribution in [0.5, 0.6) is 0 Å². The number of para-hydroxylation sites is 1. The Morgan fingerprint density at radius 2 is 1.97 bits per heavy atom. The summed E-state index contributed by atoms with van der Waals surface area (Å²) >= 11 is 0. The van der Waals surface area contributed by atoms with E-state index >= 15 is 0 Å². The number of rotatable bonds is 5. The molecule has 0 spiro atoms. The van der Waals surface area contributed by atoms with Gasteiger partial charge in [-0.3, -0.25) is 4.79 Å². The zero-order valence-electron chi connectivity index (χ0n) is 17.6. The van der Waals surface area contributed by atoms with Gasteiger partial charge in [0.2, 0.25) is 5.91 Å². The van der Waals surface area contributed by atoms with E-state index in [4.69, 9.17) is 4.42 Å². The second-order valence-corrected chi connectivity index (χ2v) is 7.68. The highest BCUT2D eigenvalue weighted by Gasteiger charge is 2.21. The first-order valence-corrected chi connectivity index (χ1v) is 9.91. The fraction of sp³-hybridized carbons (Fsp3) is 0.348. The highest BCUT2D eigenvalue weighted by Crippen LogP contribution is 2.27. The number of furan rings is 1. The molecular formula is C23H26N4O2. The second kappa shape index (κ2) is 7.35. The van der Waals surface area contributed by atoms with E-state index < -0.39 is 0 Å². The van der Waals surface area contributed by atoms with E-state index in [9.17, 15) is 4.79 Å². The topological polar surface area (TPSA) is 63.6 Å². The number of hydrogen-bond donors (Lipinski definition) is 0. The van der Waals surface area contributed by atoms with Gasteiger partial charge in [0, 0.05) is 36.3 Å². The van der Waals surface area contributed by atoms with E-state index in [2.05, 4.69) is 10.1 Å². The minimum Gasteiger partial charge on any atom is -0.459 e. The summed E-state index contributed by atoms with van der Waals surface area (Å²) in [6.45, 7) is 7.98. The molecule has 4 aromatic rings. The van der Waals surface area contributed by atoms with Gasteiger partial charge < -0.3 is 9.32 Å². The van der Waals surface area contributed by atoms with Gasteiger partial charge in [-0.1, -0.05) is 18.2 Å². The molecule has 6 nitrogen and oxygen atoms in total. The predicted molar refractivity (Wildman–Crippen MR) is 113 cm³/mol. The number of fused-ring (bicyclic) bond motifs is 2. The van der Waals surface area contributed by atoms with E-state index in [1.54, 1.807) is 4.90 Å². The molecule has 0 unspecified atom stereocenters. The van der Waals surface area contributed by atoms with Crippen molar-refractivity contribution < 1.29 is 9.21 Å². The van der Waals surface area contributed by atoms with Crippen LogP contribution in [-0.4, -0.2) is 32.5 Å². The highest BCUT2D eigenvalue weighted by molar-refractivity contribution is 5.79. The number of aromatic nitrogens is 3. The molecule has 0 bridgehead atoms. The van der Waals surface area contributed by atoms with Crippen LogP contribution >= 0.6 is 0 Å². The molecular weight excluding hydrogens is 364 g/mol. The summed E-state index contributed by atoms with van der Waals surface area (Å²) in [7, 11) is 1.83. The van der Waals surface area contributed by atoms with E-state index in [1.807, 2.05) is 75.7 Å². The Morgan fingerprint density at radius 1 is 1.21 bits per heavy atom. The Bertz CT molecular complexity index is 1170. The van der Waals surface area contributed by atoms with Gasteiger partial charge in [0.25, 0.3) is 0 Å². The second-order valence-electron chi connectivity index (χ2n) is 7.68. The van der Waals surface area contributed by atoms with E-state index in [1.165, 1.54) is 0 Å². The van der Waals surface area contributed by atoms with Gasteiger partial charge in [-0.05, 0) is 51.8 Å². The Morgan fingerprint density at radius 3 is 2.72 bits per heavy atom. The molecule has 3 aromatic heterocycles. The van der Waals surface area contributed by atoms with Crippen LogP contribution < -0.4 is 0 Å². The van der Waals surface area contributed by atoms with Crippen LogP contribution in [0.3, 0.4) is 0 Å². The fourth-order valence-electron chi connectivity index (χ4n) is 3.83. The Balaban J connectivity index is 1.49. The lowest BCUT2D eigenvalue weighted by atomic mass is 10.1. The van der Waals surface area contributed by atoms with Crippen molar-refractivity contribution in [1.29, 1.82) is 0 Å². The SMILES string of the molecule is Cc1cc2nc(C)c(CCC(=O)N(C)[C@H](C)c3cc4ccccc4o3)c(C)n2n1. The van der Waals surface area contributed by atoms with Gasteiger partial charge >= 0.3 is 0 Å². The summed E-state index contributed by atoms with van der Waals surface area (Å²) < 4.78 is 7.80. The van der Waals surface area contributed by atoms with Crippen molar-refractivity contribution in [3.8, 4) is 0 Å². The molecule has 1 atom stereocenters. The third-order valence-corrected chi connectivity index (χ3v) is 5.71. The van der Waals surface area contributed by atoms with Gasteiger partial charge in [-0.15, -0.1) is 0 Å². The summed E-state index contributed by atoms with van der Waals surface area (Å²) in [4.78, 5) is 19.3. The first kappa shape index (κ1) is 19.2. The van der Waals surface area contributed by atoms with Gasteiger partial charge in [-0.25, -0.2) is 9.50 Å². The maximum absolute atomic E-state index is 12.9. The smallest absolute Gasteiger partial charge is 0.223 e.